The lowest BCUT2D eigenvalue weighted by molar-refractivity contribution is 0.952. The monoisotopic (exact) mass is 201 g/mol. The Morgan fingerprint density at radius 1 is 1.33 bits per heavy atom. The van der Waals surface area contributed by atoms with Crippen LogP contribution in [-0.2, 0) is 6.42 Å². The fourth-order valence-electron chi connectivity index (χ4n) is 1.26. The van der Waals surface area contributed by atoms with Crippen molar-refractivity contribution in [1.82, 2.24) is 0 Å². The van der Waals surface area contributed by atoms with E-state index >= 15 is 0 Å². The molecule has 2 rings (SSSR count). The smallest absolute Gasteiger partial charge is 0.0430 e. The van der Waals surface area contributed by atoms with Crippen LogP contribution >= 0.6 is 24.0 Å². The maximum Gasteiger partial charge on any atom is 0.0430 e. The first-order valence-electron chi connectivity index (χ1n) is 3.64. The average Bonchev–Trinajstić information content (AvgIpc) is 2.04. The molecule has 64 valence electrons. The summed E-state index contributed by atoms with van der Waals surface area (Å²) in [6.45, 7) is 0.911. The summed E-state index contributed by atoms with van der Waals surface area (Å²) in [5, 5.41) is 0.789. The standard InChI is InChI=1S/C9H8ClN.ClH/c10-9-2-1-7-3-4-11-6-8(7)5-9;/h1-2,5-6H,3-4H2;1H. The van der Waals surface area contributed by atoms with E-state index in [1.807, 2.05) is 18.3 Å². The van der Waals surface area contributed by atoms with Crippen molar-refractivity contribution in [2.75, 3.05) is 6.54 Å². The van der Waals surface area contributed by atoms with Crippen LogP contribution in [0.25, 0.3) is 0 Å². The summed E-state index contributed by atoms with van der Waals surface area (Å²) in [7, 11) is 0. The Hall–Kier alpha value is -0.530. The molecule has 0 N–H and O–H groups in total. The number of fused-ring (bicyclic) bond motifs is 1. The molecule has 0 atom stereocenters. The second-order valence-corrected chi connectivity index (χ2v) is 3.06. The summed E-state index contributed by atoms with van der Waals surface area (Å²) in [6, 6.07) is 5.96. The van der Waals surface area contributed by atoms with Gasteiger partial charge in [0.05, 0.1) is 0 Å². The third-order valence-corrected chi connectivity index (χ3v) is 2.08. The molecule has 0 fully saturated rings. The predicted octanol–water partition coefficient (Wildman–Crippen LogP) is 2.74. The first-order chi connectivity index (χ1) is 5.36. The van der Waals surface area contributed by atoms with Crippen molar-refractivity contribution < 1.29 is 0 Å². The number of rotatable bonds is 0. The highest BCUT2D eigenvalue weighted by atomic mass is 35.5. The van der Waals surface area contributed by atoms with E-state index in [-0.39, 0.29) is 12.4 Å². The molecule has 0 bridgehead atoms. The van der Waals surface area contributed by atoms with Gasteiger partial charge in [-0.25, -0.2) is 0 Å². The molecule has 0 unspecified atom stereocenters. The molecule has 1 aromatic rings. The molecule has 0 aliphatic carbocycles. The Balaban J connectivity index is 0.000000720. The van der Waals surface area contributed by atoms with Gasteiger partial charge in [0, 0.05) is 17.8 Å². The van der Waals surface area contributed by atoms with Crippen LogP contribution in [0.3, 0.4) is 0 Å². The van der Waals surface area contributed by atoms with E-state index in [2.05, 4.69) is 11.1 Å². The molecule has 0 aromatic heterocycles. The lowest BCUT2D eigenvalue weighted by Crippen LogP contribution is -2.01. The zero-order valence-corrected chi connectivity index (χ0v) is 8.03. The van der Waals surface area contributed by atoms with Gasteiger partial charge < -0.3 is 0 Å². The van der Waals surface area contributed by atoms with E-state index in [0.717, 1.165) is 18.0 Å². The Morgan fingerprint density at radius 3 is 3.00 bits per heavy atom. The molecule has 0 saturated heterocycles. The summed E-state index contributed by atoms with van der Waals surface area (Å²) in [6.07, 6.45) is 2.94. The van der Waals surface area contributed by atoms with E-state index in [9.17, 15) is 0 Å². The minimum absolute atomic E-state index is 0. The first-order valence-corrected chi connectivity index (χ1v) is 4.02. The molecule has 1 aliphatic rings. The molecule has 3 heteroatoms. The van der Waals surface area contributed by atoms with Crippen molar-refractivity contribution in [3.63, 3.8) is 0 Å². The number of aliphatic imine (C=N–C) groups is 1. The highest BCUT2D eigenvalue weighted by Crippen LogP contribution is 2.17. The van der Waals surface area contributed by atoms with Crippen molar-refractivity contribution in [2.24, 2.45) is 4.99 Å². The highest BCUT2D eigenvalue weighted by Gasteiger charge is 2.03. The van der Waals surface area contributed by atoms with Gasteiger partial charge in [-0.1, -0.05) is 17.7 Å². The number of benzene rings is 1. The van der Waals surface area contributed by atoms with Gasteiger partial charge in [-0.05, 0) is 29.7 Å². The van der Waals surface area contributed by atoms with Crippen molar-refractivity contribution in [2.45, 2.75) is 6.42 Å². The minimum Gasteiger partial charge on any atom is -0.292 e. The van der Waals surface area contributed by atoms with Crippen LogP contribution in [0.5, 0.6) is 0 Å². The SMILES string of the molecule is Cl.Clc1ccc2c(c1)C=NCC2. The van der Waals surface area contributed by atoms with Gasteiger partial charge in [-0.3, -0.25) is 4.99 Å². The van der Waals surface area contributed by atoms with Crippen molar-refractivity contribution in [3.05, 3.63) is 34.3 Å². The Bertz CT molecular complexity index is 307. The number of hydrogen-bond acceptors (Lipinski definition) is 1. The van der Waals surface area contributed by atoms with E-state index < -0.39 is 0 Å². The fraction of sp³-hybridized carbons (Fsp3) is 0.222. The molecule has 0 radical (unpaired) electrons. The number of hydrogen-bond donors (Lipinski definition) is 0. The summed E-state index contributed by atoms with van der Waals surface area (Å²) in [4.78, 5) is 4.18. The first kappa shape index (κ1) is 9.56. The maximum atomic E-state index is 5.81. The number of halogens is 2. The summed E-state index contributed by atoms with van der Waals surface area (Å²) in [5.74, 6) is 0. The summed E-state index contributed by atoms with van der Waals surface area (Å²) < 4.78 is 0. The summed E-state index contributed by atoms with van der Waals surface area (Å²) in [5.41, 5.74) is 2.52. The number of nitrogens with zero attached hydrogens (tertiary/aromatic N) is 1. The fourth-order valence-corrected chi connectivity index (χ4v) is 1.44. The molecule has 1 heterocycles. The van der Waals surface area contributed by atoms with Gasteiger partial charge in [0.25, 0.3) is 0 Å². The normalized spacial score (nSPS) is 13.4. The molecule has 12 heavy (non-hydrogen) atoms. The van der Waals surface area contributed by atoms with E-state index in [1.165, 1.54) is 11.1 Å². The zero-order chi connectivity index (χ0) is 7.68. The topological polar surface area (TPSA) is 12.4 Å². The quantitative estimate of drug-likeness (QED) is 0.613. The van der Waals surface area contributed by atoms with Crippen LogP contribution < -0.4 is 0 Å². The second kappa shape index (κ2) is 3.92. The van der Waals surface area contributed by atoms with Gasteiger partial charge in [-0.2, -0.15) is 0 Å². The van der Waals surface area contributed by atoms with Crippen LogP contribution in [0, 0.1) is 0 Å². The minimum atomic E-state index is 0. The van der Waals surface area contributed by atoms with Crippen molar-refractivity contribution >= 4 is 30.2 Å². The third-order valence-electron chi connectivity index (χ3n) is 1.85. The molecule has 0 saturated carbocycles. The van der Waals surface area contributed by atoms with E-state index in [4.69, 9.17) is 11.6 Å². The van der Waals surface area contributed by atoms with Crippen LogP contribution in [0.2, 0.25) is 5.02 Å². The van der Waals surface area contributed by atoms with Gasteiger partial charge in [0.1, 0.15) is 0 Å². The predicted molar refractivity (Wildman–Crippen MR) is 54.9 cm³/mol. The Morgan fingerprint density at radius 2 is 2.17 bits per heavy atom. The largest absolute Gasteiger partial charge is 0.292 e. The summed E-state index contributed by atoms with van der Waals surface area (Å²) >= 11 is 5.81. The molecular weight excluding hydrogens is 193 g/mol. The molecule has 1 aliphatic heterocycles. The average molecular weight is 202 g/mol. The molecule has 1 nitrogen and oxygen atoms in total. The van der Waals surface area contributed by atoms with Gasteiger partial charge in [0.2, 0.25) is 0 Å². The second-order valence-electron chi connectivity index (χ2n) is 2.63. The molecular formula is C9H9Cl2N. The van der Waals surface area contributed by atoms with Crippen molar-refractivity contribution in [3.8, 4) is 0 Å². The van der Waals surface area contributed by atoms with Crippen LogP contribution in [0.4, 0.5) is 0 Å². The Labute approximate surface area is 82.9 Å². The third kappa shape index (κ3) is 1.79. The van der Waals surface area contributed by atoms with E-state index in [0.29, 0.717) is 0 Å². The maximum absolute atomic E-state index is 5.81. The van der Waals surface area contributed by atoms with Crippen LogP contribution in [0.1, 0.15) is 11.1 Å². The lowest BCUT2D eigenvalue weighted by Gasteiger charge is -2.08. The van der Waals surface area contributed by atoms with Gasteiger partial charge in [0.15, 0.2) is 0 Å². The highest BCUT2D eigenvalue weighted by molar-refractivity contribution is 6.30. The molecule has 1 aromatic carbocycles. The lowest BCUT2D eigenvalue weighted by atomic mass is 10.0. The Kier molecular flexibility index (Phi) is 3.12. The zero-order valence-electron chi connectivity index (χ0n) is 6.46. The van der Waals surface area contributed by atoms with Gasteiger partial charge >= 0.3 is 0 Å². The van der Waals surface area contributed by atoms with Gasteiger partial charge in [-0.15, -0.1) is 12.4 Å². The molecule has 0 spiro atoms. The van der Waals surface area contributed by atoms with Crippen LogP contribution in [0.15, 0.2) is 23.2 Å². The molecule has 0 amide bonds. The van der Waals surface area contributed by atoms with E-state index in [1.54, 1.807) is 0 Å². The van der Waals surface area contributed by atoms with Crippen LogP contribution in [-0.4, -0.2) is 12.8 Å². The van der Waals surface area contributed by atoms with Crippen molar-refractivity contribution in [1.29, 1.82) is 0 Å².